The van der Waals surface area contributed by atoms with E-state index in [1.54, 1.807) is 33.2 Å². The predicted octanol–water partition coefficient (Wildman–Crippen LogP) is 9.56. The standard InChI is InChI=1S/C38H58N2O4/c1-5-6-7-8-9-10-11-12-13-14-15-16-17-18-19-23-26-43-35-31-40(29-32-24-21-20-22-25-32)30-34(36(35)41)27-33(28-39)37(42)44-38(2,3)4/h20-22,24-25,30-31,33H,5-19,23,26-27,29H2,1-4H3. The summed E-state index contributed by atoms with van der Waals surface area (Å²) < 4.78 is 13.3. The van der Waals surface area contributed by atoms with Crippen molar-refractivity contribution in [3.05, 3.63) is 64.1 Å². The number of aromatic nitrogens is 1. The van der Waals surface area contributed by atoms with E-state index in [1.807, 2.05) is 41.0 Å². The second-order valence-corrected chi connectivity index (χ2v) is 13.2. The Morgan fingerprint density at radius 2 is 1.34 bits per heavy atom. The summed E-state index contributed by atoms with van der Waals surface area (Å²) in [5, 5.41) is 9.69. The van der Waals surface area contributed by atoms with Crippen molar-refractivity contribution in [3.8, 4) is 11.8 Å². The maximum absolute atomic E-state index is 13.3. The highest BCUT2D eigenvalue weighted by Gasteiger charge is 2.27. The van der Waals surface area contributed by atoms with Gasteiger partial charge < -0.3 is 14.0 Å². The molecule has 0 aliphatic carbocycles. The third kappa shape index (κ3) is 16.1. The summed E-state index contributed by atoms with van der Waals surface area (Å²) in [6, 6.07) is 12.0. The second-order valence-electron chi connectivity index (χ2n) is 13.2. The van der Waals surface area contributed by atoms with E-state index in [4.69, 9.17) is 9.47 Å². The number of hydrogen-bond donors (Lipinski definition) is 0. The van der Waals surface area contributed by atoms with Crippen molar-refractivity contribution >= 4 is 5.97 Å². The van der Waals surface area contributed by atoms with E-state index in [0.29, 0.717) is 18.7 Å². The minimum Gasteiger partial charge on any atom is -0.488 e. The molecule has 6 nitrogen and oxygen atoms in total. The van der Waals surface area contributed by atoms with E-state index in [9.17, 15) is 14.9 Å². The number of ether oxygens (including phenoxy) is 2. The van der Waals surface area contributed by atoms with Gasteiger partial charge in [-0.3, -0.25) is 9.59 Å². The van der Waals surface area contributed by atoms with Crippen LogP contribution in [0.1, 0.15) is 142 Å². The molecule has 0 N–H and O–H groups in total. The van der Waals surface area contributed by atoms with Gasteiger partial charge in [0.05, 0.1) is 18.9 Å². The van der Waals surface area contributed by atoms with E-state index in [2.05, 4.69) is 6.92 Å². The number of carbonyl (C=O) groups is 1. The van der Waals surface area contributed by atoms with Crippen LogP contribution in [0.2, 0.25) is 0 Å². The molecule has 2 aromatic rings. The van der Waals surface area contributed by atoms with E-state index in [-0.39, 0.29) is 17.6 Å². The molecule has 6 heteroatoms. The van der Waals surface area contributed by atoms with Crippen LogP contribution < -0.4 is 10.2 Å². The van der Waals surface area contributed by atoms with Crippen molar-refractivity contribution in [3.63, 3.8) is 0 Å². The van der Waals surface area contributed by atoms with Crippen molar-refractivity contribution < 1.29 is 14.3 Å². The molecule has 1 heterocycles. The van der Waals surface area contributed by atoms with Crippen LogP contribution in [-0.2, 0) is 22.5 Å². The van der Waals surface area contributed by atoms with Crippen LogP contribution >= 0.6 is 0 Å². The molecule has 0 aliphatic rings. The third-order valence-corrected chi connectivity index (χ3v) is 7.85. The lowest BCUT2D eigenvalue weighted by Crippen LogP contribution is -2.30. The number of unbranched alkanes of at least 4 members (excludes halogenated alkanes) is 15. The average Bonchev–Trinajstić information content (AvgIpc) is 2.98. The largest absolute Gasteiger partial charge is 0.488 e. The van der Waals surface area contributed by atoms with Gasteiger partial charge in [-0.15, -0.1) is 0 Å². The number of nitrogens with zero attached hydrogens (tertiary/aromatic N) is 2. The monoisotopic (exact) mass is 606 g/mol. The average molecular weight is 607 g/mol. The molecule has 0 amide bonds. The molecule has 44 heavy (non-hydrogen) atoms. The summed E-state index contributed by atoms with van der Waals surface area (Å²) in [6.07, 6.45) is 24.3. The van der Waals surface area contributed by atoms with E-state index in [0.717, 1.165) is 18.4 Å². The number of nitriles is 1. The van der Waals surface area contributed by atoms with E-state index in [1.165, 1.54) is 89.9 Å². The Hall–Kier alpha value is -3.07. The highest BCUT2D eigenvalue weighted by atomic mass is 16.6. The van der Waals surface area contributed by atoms with Crippen molar-refractivity contribution in [1.82, 2.24) is 4.57 Å². The molecular formula is C38H58N2O4. The van der Waals surface area contributed by atoms with E-state index < -0.39 is 17.5 Å². The van der Waals surface area contributed by atoms with Crippen LogP contribution in [0, 0.1) is 17.2 Å². The maximum atomic E-state index is 13.3. The Kier molecular flexibility index (Phi) is 18.2. The normalized spacial score (nSPS) is 12.1. The highest BCUT2D eigenvalue weighted by Crippen LogP contribution is 2.18. The lowest BCUT2D eigenvalue weighted by molar-refractivity contribution is -0.157. The van der Waals surface area contributed by atoms with Crippen LogP contribution in [0.4, 0.5) is 0 Å². The molecule has 1 unspecified atom stereocenters. The first-order valence-corrected chi connectivity index (χ1v) is 17.3. The number of pyridine rings is 1. The fourth-order valence-corrected chi connectivity index (χ4v) is 5.40. The fourth-order valence-electron chi connectivity index (χ4n) is 5.40. The topological polar surface area (TPSA) is 81.3 Å². The molecule has 2 rings (SSSR count). The first-order chi connectivity index (χ1) is 21.2. The second kappa shape index (κ2) is 21.6. The zero-order chi connectivity index (χ0) is 32.0. The number of esters is 1. The summed E-state index contributed by atoms with van der Waals surface area (Å²) in [6.45, 7) is 8.58. The van der Waals surface area contributed by atoms with Gasteiger partial charge in [-0.1, -0.05) is 134 Å². The number of hydrogen-bond acceptors (Lipinski definition) is 5. The maximum Gasteiger partial charge on any atom is 0.324 e. The van der Waals surface area contributed by atoms with Gasteiger partial charge in [-0.2, -0.15) is 5.26 Å². The minimum atomic E-state index is -1.07. The quantitative estimate of drug-likeness (QED) is 0.0929. The van der Waals surface area contributed by atoms with Crippen molar-refractivity contribution in [2.24, 2.45) is 5.92 Å². The van der Waals surface area contributed by atoms with Crippen LogP contribution in [0.3, 0.4) is 0 Å². The minimum absolute atomic E-state index is 0.0186. The van der Waals surface area contributed by atoms with Gasteiger partial charge in [0.25, 0.3) is 0 Å². The van der Waals surface area contributed by atoms with Crippen LogP contribution in [0.5, 0.6) is 5.75 Å². The Morgan fingerprint density at radius 1 is 0.818 bits per heavy atom. The van der Waals surface area contributed by atoms with Crippen LogP contribution in [0.25, 0.3) is 0 Å². The summed E-state index contributed by atoms with van der Waals surface area (Å²) in [4.78, 5) is 26.0. The van der Waals surface area contributed by atoms with Gasteiger partial charge in [0.15, 0.2) is 5.75 Å². The van der Waals surface area contributed by atoms with Gasteiger partial charge in [0.2, 0.25) is 5.43 Å². The SMILES string of the molecule is CCCCCCCCCCCCCCCCCCOc1cn(Cc2ccccc2)cc(CC(C#N)C(=O)OC(C)(C)C)c1=O. The zero-order valence-electron chi connectivity index (χ0n) is 28.1. The molecule has 0 saturated heterocycles. The van der Waals surface area contributed by atoms with Crippen molar-refractivity contribution in [2.75, 3.05) is 6.61 Å². The number of benzene rings is 1. The Labute approximate surface area is 267 Å². The molecule has 0 radical (unpaired) electrons. The number of carbonyl (C=O) groups excluding carboxylic acids is 1. The molecule has 0 saturated carbocycles. The van der Waals surface area contributed by atoms with Gasteiger partial charge >= 0.3 is 5.97 Å². The lowest BCUT2D eigenvalue weighted by Gasteiger charge is -2.21. The van der Waals surface area contributed by atoms with Gasteiger partial charge in [-0.25, -0.2) is 0 Å². The Balaban J connectivity index is 1.79. The molecule has 1 atom stereocenters. The van der Waals surface area contributed by atoms with Crippen molar-refractivity contribution in [1.29, 1.82) is 5.26 Å². The molecule has 1 aromatic carbocycles. The van der Waals surface area contributed by atoms with Crippen LogP contribution in [-0.4, -0.2) is 22.7 Å². The van der Waals surface area contributed by atoms with Crippen molar-refractivity contribution in [2.45, 2.75) is 149 Å². The molecule has 1 aromatic heterocycles. The zero-order valence-corrected chi connectivity index (χ0v) is 28.1. The third-order valence-electron chi connectivity index (χ3n) is 7.85. The van der Waals surface area contributed by atoms with Gasteiger partial charge in [0, 0.05) is 24.7 Å². The highest BCUT2D eigenvalue weighted by molar-refractivity contribution is 5.76. The molecular weight excluding hydrogens is 548 g/mol. The number of rotatable bonds is 23. The smallest absolute Gasteiger partial charge is 0.324 e. The fraction of sp³-hybridized carbons (Fsp3) is 0.658. The molecule has 0 bridgehead atoms. The molecule has 0 fully saturated rings. The summed E-state index contributed by atoms with van der Waals surface area (Å²) in [5.41, 5.74) is 0.477. The molecule has 0 spiro atoms. The summed E-state index contributed by atoms with van der Waals surface area (Å²) in [7, 11) is 0. The first kappa shape index (κ1) is 37.1. The summed E-state index contributed by atoms with van der Waals surface area (Å²) >= 11 is 0. The Bertz CT molecular complexity index is 1160. The lowest BCUT2D eigenvalue weighted by atomic mass is 10.0. The van der Waals surface area contributed by atoms with Gasteiger partial charge in [-0.05, 0) is 32.8 Å². The Morgan fingerprint density at radius 3 is 1.84 bits per heavy atom. The molecule has 0 aliphatic heterocycles. The van der Waals surface area contributed by atoms with Crippen LogP contribution in [0.15, 0.2) is 47.5 Å². The van der Waals surface area contributed by atoms with Gasteiger partial charge in [0.1, 0.15) is 11.5 Å². The van der Waals surface area contributed by atoms with E-state index >= 15 is 0 Å². The predicted molar refractivity (Wildman–Crippen MR) is 180 cm³/mol. The summed E-state index contributed by atoms with van der Waals surface area (Å²) in [5.74, 6) is -1.42. The molecule has 244 valence electrons. The first-order valence-electron chi connectivity index (χ1n) is 17.3.